The molecule has 2 aromatic heterocycles. The van der Waals surface area contributed by atoms with Crippen molar-refractivity contribution in [2.24, 2.45) is 0 Å². The van der Waals surface area contributed by atoms with Gasteiger partial charge in [0.25, 0.3) is 5.91 Å². The van der Waals surface area contributed by atoms with Crippen molar-refractivity contribution in [2.75, 3.05) is 0 Å². The van der Waals surface area contributed by atoms with Crippen molar-refractivity contribution in [3.63, 3.8) is 0 Å². The van der Waals surface area contributed by atoms with Gasteiger partial charge in [-0.15, -0.1) is 0 Å². The number of hydrogen-bond acceptors (Lipinski definition) is 2. The lowest BCUT2D eigenvalue weighted by atomic mass is 9.91. The summed E-state index contributed by atoms with van der Waals surface area (Å²) in [7, 11) is 0. The first kappa shape index (κ1) is 12.1. The molecule has 4 nitrogen and oxygen atoms in total. The molecule has 104 valence electrons. The average molecular weight is 277 g/mol. The first-order valence-corrected chi connectivity index (χ1v) is 6.96. The Bertz CT molecular complexity index is 877. The molecule has 1 aliphatic rings. The molecule has 0 spiro atoms. The minimum absolute atomic E-state index is 0.00198. The molecule has 0 radical (unpaired) electrons. The SMILES string of the molecule is CC1(C)NC(=O)c2ccc(-c3c[nH]c4ncccc34)cc21. The molecule has 0 fully saturated rings. The topological polar surface area (TPSA) is 57.8 Å². The predicted octanol–water partition coefficient (Wildman–Crippen LogP) is 3.21. The second-order valence-corrected chi connectivity index (χ2v) is 5.94. The molecule has 1 aromatic carbocycles. The summed E-state index contributed by atoms with van der Waals surface area (Å²) in [5.41, 5.74) is 4.56. The maximum absolute atomic E-state index is 12.0. The lowest BCUT2D eigenvalue weighted by molar-refractivity contribution is 0.0940. The van der Waals surface area contributed by atoms with E-state index in [0.29, 0.717) is 0 Å². The van der Waals surface area contributed by atoms with Gasteiger partial charge in [0.15, 0.2) is 0 Å². The van der Waals surface area contributed by atoms with Crippen molar-refractivity contribution < 1.29 is 4.79 Å². The van der Waals surface area contributed by atoms with Gasteiger partial charge < -0.3 is 10.3 Å². The van der Waals surface area contributed by atoms with Crippen LogP contribution in [0.1, 0.15) is 29.8 Å². The van der Waals surface area contributed by atoms with Gasteiger partial charge in [0.1, 0.15) is 5.65 Å². The summed E-state index contributed by atoms with van der Waals surface area (Å²) in [5, 5.41) is 4.10. The highest BCUT2D eigenvalue weighted by Gasteiger charge is 2.35. The molecule has 3 heterocycles. The maximum atomic E-state index is 12.0. The number of H-pyrrole nitrogens is 1. The lowest BCUT2D eigenvalue weighted by Gasteiger charge is -2.19. The van der Waals surface area contributed by atoms with E-state index in [-0.39, 0.29) is 11.4 Å². The first-order valence-electron chi connectivity index (χ1n) is 6.96. The van der Waals surface area contributed by atoms with Gasteiger partial charge in [0.2, 0.25) is 0 Å². The number of carbonyl (C=O) groups excluding carboxylic acids is 1. The van der Waals surface area contributed by atoms with E-state index in [1.54, 1.807) is 6.20 Å². The molecule has 0 bridgehead atoms. The number of rotatable bonds is 1. The van der Waals surface area contributed by atoms with E-state index in [1.807, 2.05) is 38.2 Å². The van der Waals surface area contributed by atoms with Gasteiger partial charge in [-0.3, -0.25) is 4.79 Å². The molecule has 0 saturated carbocycles. The fourth-order valence-electron chi connectivity index (χ4n) is 3.04. The Balaban J connectivity index is 1.94. The highest BCUT2D eigenvalue weighted by atomic mass is 16.2. The van der Waals surface area contributed by atoms with Crippen LogP contribution in [-0.4, -0.2) is 15.9 Å². The third kappa shape index (κ3) is 1.69. The molecular weight excluding hydrogens is 262 g/mol. The molecule has 1 amide bonds. The molecule has 0 unspecified atom stereocenters. The average Bonchev–Trinajstić information content (AvgIpc) is 2.98. The highest BCUT2D eigenvalue weighted by Crippen LogP contribution is 2.35. The van der Waals surface area contributed by atoms with Crippen molar-refractivity contribution in [1.82, 2.24) is 15.3 Å². The monoisotopic (exact) mass is 277 g/mol. The normalized spacial score (nSPS) is 16.0. The predicted molar refractivity (Wildman–Crippen MR) is 82.0 cm³/mol. The minimum Gasteiger partial charge on any atom is -0.346 e. The Hall–Kier alpha value is -2.62. The van der Waals surface area contributed by atoms with Crippen molar-refractivity contribution in [3.8, 4) is 11.1 Å². The van der Waals surface area contributed by atoms with Crippen LogP contribution in [0.25, 0.3) is 22.2 Å². The molecule has 4 rings (SSSR count). The summed E-state index contributed by atoms with van der Waals surface area (Å²) in [6.45, 7) is 4.05. The van der Waals surface area contributed by atoms with Crippen molar-refractivity contribution >= 4 is 16.9 Å². The largest absolute Gasteiger partial charge is 0.346 e. The van der Waals surface area contributed by atoms with E-state index in [4.69, 9.17) is 0 Å². The van der Waals surface area contributed by atoms with Crippen LogP contribution in [0, 0.1) is 0 Å². The maximum Gasteiger partial charge on any atom is 0.252 e. The third-order valence-corrected chi connectivity index (χ3v) is 4.13. The van der Waals surface area contributed by atoms with Gasteiger partial charge in [-0.05, 0) is 49.2 Å². The molecular formula is C17H15N3O. The summed E-state index contributed by atoms with van der Waals surface area (Å²) in [4.78, 5) is 19.5. The van der Waals surface area contributed by atoms with E-state index in [1.165, 1.54) is 0 Å². The van der Waals surface area contributed by atoms with Gasteiger partial charge in [-0.2, -0.15) is 0 Å². The fourth-order valence-corrected chi connectivity index (χ4v) is 3.04. The van der Waals surface area contributed by atoms with Crippen molar-refractivity contribution in [2.45, 2.75) is 19.4 Å². The van der Waals surface area contributed by atoms with Crippen LogP contribution in [0.2, 0.25) is 0 Å². The molecule has 21 heavy (non-hydrogen) atoms. The third-order valence-electron chi connectivity index (χ3n) is 4.13. The van der Waals surface area contributed by atoms with E-state index >= 15 is 0 Å². The van der Waals surface area contributed by atoms with Gasteiger partial charge in [0.05, 0.1) is 5.54 Å². The summed E-state index contributed by atoms with van der Waals surface area (Å²) in [6, 6.07) is 9.99. The minimum atomic E-state index is -0.327. The summed E-state index contributed by atoms with van der Waals surface area (Å²) in [6.07, 6.45) is 3.74. The smallest absolute Gasteiger partial charge is 0.252 e. The van der Waals surface area contributed by atoms with Gasteiger partial charge in [-0.25, -0.2) is 4.98 Å². The second-order valence-electron chi connectivity index (χ2n) is 5.94. The number of hydrogen-bond donors (Lipinski definition) is 2. The molecule has 2 N–H and O–H groups in total. The Morgan fingerprint density at radius 3 is 2.86 bits per heavy atom. The molecule has 0 saturated heterocycles. The highest BCUT2D eigenvalue weighted by molar-refractivity contribution is 6.01. The lowest BCUT2D eigenvalue weighted by Crippen LogP contribution is -2.32. The van der Waals surface area contributed by atoms with Crippen LogP contribution in [0.5, 0.6) is 0 Å². The van der Waals surface area contributed by atoms with Crippen LogP contribution in [-0.2, 0) is 5.54 Å². The number of aromatic amines is 1. The van der Waals surface area contributed by atoms with Crippen LogP contribution in [0.15, 0.2) is 42.7 Å². The quantitative estimate of drug-likeness (QED) is 0.717. The number of benzene rings is 1. The second kappa shape index (κ2) is 3.95. The summed E-state index contributed by atoms with van der Waals surface area (Å²) >= 11 is 0. The van der Waals surface area contributed by atoms with Crippen molar-refractivity contribution in [3.05, 3.63) is 53.9 Å². The number of pyridine rings is 1. The standard InChI is InChI=1S/C17H15N3O/c1-17(2)14-8-10(5-6-12(14)16(21)20-17)13-9-19-15-11(13)4-3-7-18-15/h3-9H,1-2H3,(H,18,19)(H,20,21). The van der Waals surface area contributed by atoms with Crippen molar-refractivity contribution in [1.29, 1.82) is 0 Å². The number of nitrogens with zero attached hydrogens (tertiary/aromatic N) is 1. The zero-order valence-corrected chi connectivity index (χ0v) is 11.9. The van der Waals surface area contributed by atoms with E-state index in [0.717, 1.165) is 33.3 Å². The van der Waals surface area contributed by atoms with Gasteiger partial charge in [0, 0.05) is 28.9 Å². The Labute approximate surface area is 122 Å². The number of nitrogens with one attached hydrogen (secondary N) is 2. The summed E-state index contributed by atoms with van der Waals surface area (Å²) in [5.74, 6) is 0.00198. The molecule has 0 aliphatic carbocycles. The molecule has 4 heteroatoms. The van der Waals surface area contributed by atoms with Crippen LogP contribution in [0.3, 0.4) is 0 Å². The molecule has 0 atom stereocenters. The van der Waals surface area contributed by atoms with Crippen LogP contribution >= 0.6 is 0 Å². The van der Waals surface area contributed by atoms with Gasteiger partial charge in [-0.1, -0.05) is 6.07 Å². The number of carbonyl (C=O) groups is 1. The molecule has 3 aromatic rings. The zero-order valence-electron chi connectivity index (χ0n) is 11.9. The number of fused-ring (bicyclic) bond motifs is 2. The zero-order chi connectivity index (χ0) is 14.6. The number of amides is 1. The molecule has 1 aliphatic heterocycles. The Morgan fingerprint density at radius 2 is 2.00 bits per heavy atom. The van der Waals surface area contributed by atoms with Crippen LogP contribution < -0.4 is 5.32 Å². The Morgan fingerprint density at radius 1 is 1.14 bits per heavy atom. The Kier molecular flexibility index (Phi) is 2.28. The van der Waals surface area contributed by atoms with E-state index < -0.39 is 0 Å². The van der Waals surface area contributed by atoms with Crippen LogP contribution in [0.4, 0.5) is 0 Å². The van der Waals surface area contributed by atoms with Gasteiger partial charge >= 0.3 is 0 Å². The van der Waals surface area contributed by atoms with E-state index in [9.17, 15) is 4.79 Å². The number of aromatic nitrogens is 2. The summed E-state index contributed by atoms with van der Waals surface area (Å²) < 4.78 is 0. The van der Waals surface area contributed by atoms with E-state index in [2.05, 4.69) is 27.4 Å². The fraction of sp³-hybridized carbons (Fsp3) is 0.176. The first-order chi connectivity index (χ1) is 10.1.